The first-order valence-corrected chi connectivity index (χ1v) is 8.61. The maximum Gasteiger partial charge on any atom is 0.314 e. The van der Waals surface area contributed by atoms with E-state index in [1.165, 1.54) is 0 Å². The predicted molar refractivity (Wildman–Crippen MR) is 97.0 cm³/mol. The molecule has 2 N–H and O–H groups in total. The Kier molecular flexibility index (Phi) is 3.95. The smallest absolute Gasteiger partial charge is 0.314 e. The molecule has 0 unspecified atom stereocenters. The van der Waals surface area contributed by atoms with Gasteiger partial charge in [-0.15, -0.1) is 0 Å². The van der Waals surface area contributed by atoms with E-state index in [0.717, 1.165) is 16.6 Å². The van der Waals surface area contributed by atoms with Gasteiger partial charge in [-0.2, -0.15) is 0 Å². The van der Waals surface area contributed by atoms with Crippen molar-refractivity contribution >= 4 is 22.9 Å². The highest BCUT2D eigenvalue weighted by molar-refractivity contribution is 5.97. The Morgan fingerprint density at radius 1 is 1.08 bits per heavy atom. The van der Waals surface area contributed by atoms with Crippen molar-refractivity contribution in [3.05, 3.63) is 66.0 Å². The van der Waals surface area contributed by atoms with E-state index in [-0.39, 0.29) is 5.91 Å². The molecule has 26 heavy (non-hydrogen) atoms. The van der Waals surface area contributed by atoms with Crippen molar-refractivity contribution in [2.45, 2.75) is 18.3 Å². The molecule has 1 fully saturated rings. The largest absolute Gasteiger partial charge is 0.481 e. The molecule has 0 atom stereocenters. The van der Waals surface area contributed by atoms with Crippen molar-refractivity contribution in [2.24, 2.45) is 0 Å². The first kappa shape index (κ1) is 16.3. The van der Waals surface area contributed by atoms with Crippen LogP contribution < -0.4 is 0 Å². The Balaban J connectivity index is 1.55. The summed E-state index contributed by atoms with van der Waals surface area (Å²) in [5, 5.41) is 9.86. The number of benzene rings is 2. The third kappa shape index (κ3) is 2.63. The van der Waals surface area contributed by atoms with E-state index >= 15 is 0 Å². The average molecular weight is 349 g/mol. The fraction of sp³-hybridized carbons (Fsp3) is 0.250. The van der Waals surface area contributed by atoms with Gasteiger partial charge in [0.25, 0.3) is 5.91 Å². The molecular weight excluding hydrogens is 330 g/mol. The number of amides is 1. The topological polar surface area (TPSA) is 86.3 Å². The van der Waals surface area contributed by atoms with Crippen LogP contribution in [0.2, 0.25) is 0 Å². The second kappa shape index (κ2) is 6.29. The Bertz CT molecular complexity index is 957. The number of rotatable bonds is 3. The first-order valence-electron chi connectivity index (χ1n) is 8.61. The van der Waals surface area contributed by atoms with Gasteiger partial charge in [0, 0.05) is 18.7 Å². The Labute approximate surface area is 150 Å². The van der Waals surface area contributed by atoms with Crippen LogP contribution in [0.25, 0.3) is 11.0 Å². The fourth-order valence-electron chi connectivity index (χ4n) is 3.73. The van der Waals surface area contributed by atoms with Crippen LogP contribution in [0.3, 0.4) is 0 Å². The number of hydrogen-bond donors (Lipinski definition) is 2. The molecule has 4 rings (SSSR count). The predicted octanol–water partition coefficient (Wildman–Crippen LogP) is 2.82. The molecule has 6 nitrogen and oxygen atoms in total. The zero-order valence-corrected chi connectivity index (χ0v) is 14.2. The number of carbonyl (C=O) groups excluding carboxylic acids is 1. The third-order valence-electron chi connectivity index (χ3n) is 5.31. The van der Waals surface area contributed by atoms with Crippen LogP contribution in [0.5, 0.6) is 0 Å². The molecule has 1 amide bonds. The van der Waals surface area contributed by atoms with E-state index in [4.69, 9.17) is 0 Å². The zero-order valence-electron chi connectivity index (χ0n) is 14.2. The molecule has 2 heterocycles. The number of aromatic nitrogens is 2. The molecule has 3 aromatic rings. The average Bonchev–Trinajstić information content (AvgIpc) is 3.16. The number of aliphatic carboxylic acids is 1. The highest BCUT2D eigenvalue weighted by atomic mass is 16.4. The number of imidazole rings is 1. The van der Waals surface area contributed by atoms with Crippen LogP contribution in [0.4, 0.5) is 0 Å². The summed E-state index contributed by atoms with van der Waals surface area (Å²) in [6.07, 6.45) is 2.41. The van der Waals surface area contributed by atoms with Crippen molar-refractivity contribution in [1.82, 2.24) is 14.9 Å². The number of aromatic amines is 1. The van der Waals surface area contributed by atoms with E-state index < -0.39 is 11.4 Å². The number of carbonyl (C=O) groups is 2. The van der Waals surface area contributed by atoms with Crippen LogP contribution >= 0.6 is 0 Å². The van der Waals surface area contributed by atoms with Gasteiger partial charge in [-0.1, -0.05) is 30.3 Å². The van der Waals surface area contributed by atoms with Gasteiger partial charge in [-0.25, -0.2) is 4.98 Å². The molecule has 0 spiro atoms. The van der Waals surface area contributed by atoms with Crippen LogP contribution in [0, 0.1) is 0 Å². The van der Waals surface area contributed by atoms with Crippen LogP contribution in [0.15, 0.2) is 54.9 Å². The quantitative estimate of drug-likeness (QED) is 0.761. The van der Waals surface area contributed by atoms with E-state index in [9.17, 15) is 14.7 Å². The van der Waals surface area contributed by atoms with Crippen molar-refractivity contribution in [2.75, 3.05) is 13.1 Å². The molecule has 1 aliphatic heterocycles. The van der Waals surface area contributed by atoms with Crippen molar-refractivity contribution in [3.8, 4) is 0 Å². The minimum atomic E-state index is -0.925. The molecule has 0 radical (unpaired) electrons. The monoisotopic (exact) mass is 349 g/mol. The lowest BCUT2D eigenvalue weighted by atomic mass is 9.73. The van der Waals surface area contributed by atoms with Gasteiger partial charge in [-0.3, -0.25) is 9.59 Å². The fourth-order valence-corrected chi connectivity index (χ4v) is 3.73. The minimum Gasteiger partial charge on any atom is -0.481 e. The third-order valence-corrected chi connectivity index (χ3v) is 5.31. The number of nitrogens with zero attached hydrogens (tertiary/aromatic N) is 2. The van der Waals surface area contributed by atoms with E-state index in [0.29, 0.717) is 31.5 Å². The molecule has 2 aromatic carbocycles. The van der Waals surface area contributed by atoms with Gasteiger partial charge in [0.05, 0.1) is 22.8 Å². The van der Waals surface area contributed by atoms with Gasteiger partial charge >= 0.3 is 5.97 Å². The summed E-state index contributed by atoms with van der Waals surface area (Å²) in [5.41, 5.74) is 2.10. The summed E-state index contributed by atoms with van der Waals surface area (Å²) >= 11 is 0. The molecule has 1 aromatic heterocycles. The lowest BCUT2D eigenvalue weighted by Gasteiger charge is -2.39. The van der Waals surface area contributed by atoms with E-state index in [1.54, 1.807) is 23.4 Å². The van der Waals surface area contributed by atoms with E-state index in [2.05, 4.69) is 9.97 Å². The number of likely N-dealkylation sites (tertiary alicyclic amines) is 1. The molecule has 6 heteroatoms. The molecule has 0 bridgehead atoms. The Hall–Kier alpha value is -3.15. The van der Waals surface area contributed by atoms with Crippen LogP contribution in [-0.4, -0.2) is 44.9 Å². The summed E-state index contributed by atoms with van der Waals surface area (Å²) in [6.45, 7) is 0.835. The molecule has 0 saturated carbocycles. The standard InChI is InChI=1S/C20H19N3O3/c24-18(14-6-7-16-17(12-14)22-13-21-16)23-10-8-20(9-11-23,19(25)26)15-4-2-1-3-5-15/h1-7,12-13H,8-11H2,(H,21,22)(H,25,26). The Morgan fingerprint density at radius 3 is 2.50 bits per heavy atom. The summed E-state index contributed by atoms with van der Waals surface area (Å²) in [5.74, 6) is -0.900. The van der Waals surface area contributed by atoms with Crippen molar-refractivity contribution < 1.29 is 14.7 Å². The normalized spacial score (nSPS) is 16.5. The number of carboxylic acids is 1. The zero-order chi connectivity index (χ0) is 18.1. The van der Waals surface area contributed by atoms with E-state index in [1.807, 2.05) is 36.4 Å². The highest BCUT2D eigenvalue weighted by Gasteiger charge is 2.43. The summed E-state index contributed by atoms with van der Waals surface area (Å²) < 4.78 is 0. The van der Waals surface area contributed by atoms with Gasteiger partial charge in [0.1, 0.15) is 0 Å². The highest BCUT2D eigenvalue weighted by Crippen LogP contribution is 2.36. The number of nitrogens with one attached hydrogen (secondary N) is 1. The maximum absolute atomic E-state index is 12.8. The summed E-state index contributed by atoms with van der Waals surface area (Å²) in [7, 11) is 0. The Morgan fingerprint density at radius 2 is 1.81 bits per heavy atom. The number of H-pyrrole nitrogens is 1. The summed E-state index contributed by atoms with van der Waals surface area (Å²) in [6, 6.07) is 14.7. The molecule has 0 aliphatic carbocycles. The van der Waals surface area contributed by atoms with Gasteiger partial charge in [0.15, 0.2) is 0 Å². The molecular formula is C20H19N3O3. The second-order valence-corrected chi connectivity index (χ2v) is 6.68. The summed E-state index contributed by atoms with van der Waals surface area (Å²) in [4.78, 5) is 33.8. The molecule has 1 aliphatic rings. The second-order valence-electron chi connectivity index (χ2n) is 6.68. The number of fused-ring (bicyclic) bond motifs is 1. The number of carboxylic acid groups (broad SMARTS) is 1. The minimum absolute atomic E-state index is 0.0754. The van der Waals surface area contributed by atoms with Crippen LogP contribution in [0.1, 0.15) is 28.8 Å². The van der Waals surface area contributed by atoms with Crippen molar-refractivity contribution in [3.63, 3.8) is 0 Å². The lowest BCUT2D eigenvalue weighted by Crippen LogP contribution is -2.49. The van der Waals surface area contributed by atoms with Crippen LogP contribution in [-0.2, 0) is 10.2 Å². The van der Waals surface area contributed by atoms with Crippen molar-refractivity contribution in [1.29, 1.82) is 0 Å². The van der Waals surface area contributed by atoms with Gasteiger partial charge in [0.2, 0.25) is 0 Å². The molecule has 1 saturated heterocycles. The van der Waals surface area contributed by atoms with Gasteiger partial charge < -0.3 is 15.0 Å². The SMILES string of the molecule is O=C(c1ccc2nc[nH]c2c1)N1CCC(C(=O)O)(c2ccccc2)CC1. The maximum atomic E-state index is 12.8. The first-order chi connectivity index (χ1) is 12.6. The number of hydrogen-bond acceptors (Lipinski definition) is 3. The molecule has 132 valence electrons. The van der Waals surface area contributed by atoms with Gasteiger partial charge in [-0.05, 0) is 36.6 Å². The lowest BCUT2D eigenvalue weighted by molar-refractivity contribution is -0.145. The number of piperidine rings is 1.